The average Bonchev–Trinajstić information content (AvgIpc) is 3.20. The smallest absolute Gasteiger partial charge is 0.407 e. The van der Waals surface area contributed by atoms with Gasteiger partial charge in [-0.05, 0) is 19.1 Å². The number of carbonyl (C=O) groups excluding carboxylic acids is 2. The van der Waals surface area contributed by atoms with E-state index in [0.29, 0.717) is 30.7 Å². The third-order valence-electron chi connectivity index (χ3n) is 4.98. The summed E-state index contributed by atoms with van der Waals surface area (Å²) in [6.07, 6.45) is 1.87. The number of para-hydroxylation sites is 2. The van der Waals surface area contributed by atoms with Crippen LogP contribution >= 0.6 is 0 Å². The summed E-state index contributed by atoms with van der Waals surface area (Å²) in [5.74, 6) is 1.38. The van der Waals surface area contributed by atoms with Gasteiger partial charge in [-0.25, -0.2) is 9.36 Å². The summed E-state index contributed by atoms with van der Waals surface area (Å²) in [5.41, 5.74) is 1.71. The van der Waals surface area contributed by atoms with Gasteiger partial charge in [0.15, 0.2) is 5.75 Å². The summed E-state index contributed by atoms with van der Waals surface area (Å²) in [4.78, 5) is 32.2. The Labute approximate surface area is 162 Å². The van der Waals surface area contributed by atoms with E-state index in [1.54, 1.807) is 18.7 Å². The lowest BCUT2D eigenvalue weighted by atomic mass is 10.2. The van der Waals surface area contributed by atoms with Crippen LogP contribution in [0.1, 0.15) is 11.7 Å². The van der Waals surface area contributed by atoms with Crippen molar-refractivity contribution in [3.8, 4) is 11.4 Å². The van der Waals surface area contributed by atoms with Crippen molar-refractivity contribution in [1.82, 2.24) is 14.4 Å². The molecule has 146 valence electrons. The predicted octanol–water partition coefficient (Wildman–Crippen LogP) is 1.21. The molecule has 1 aromatic heterocycles. The molecule has 1 saturated heterocycles. The van der Waals surface area contributed by atoms with Crippen LogP contribution in [-0.2, 0) is 9.53 Å². The summed E-state index contributed by atoms with van der Waals surface area (Å²) < 4.78 is 14.7. The van der Waals surface area contributed by atoms with Gasteiger partial charge in [-0.2, -0.15) is 4.57 Å². The molecular weight excluding hydrogens is 362 g/mol. The van der Waals surface area contributed by atoms with Gasteiger partial charge in [0.05, 0.1) is 6.61 Å². The molecule has 0 saturated carbocycles. The summed E-state index contributed by atoms with van der Waals surface area (Å²) in [6.45, 7) is 2.84. The van der Waals surface area contributed by atoms with E-state index in [-0.39, 0.29) is 5.91 Å². The molecule has 28 heavy (non-hydrogen) atoms. The molecule has 0 radical (unpaired) electrons. The highest BCUT2D eigenvalue weighted by atomic mass is 16.5. The van der Waals surface area contributed by atoms with Crippen LogP contribution in [0, 0.1) is 6.92 Å². The molecule has 0 N–H and O–H groups in total. The zero-order valence-electron chi connectivity index (χ0n) is 16.2. The van der Waals surface area contributed by atoms with Crippen molar-refractivity contribution in [2.45, 2.75) is 13.0 Å². The van der Waals surface area contributed by atoms with Gasteiger partial charge in [0, 0.05) is 21.2 Å². The Bertz CT molecular complexity index is 996. The quantitative estimate of drug-likeness (QED) is 0.573. The second-order valence-corrected chi connectivity index (χ2v) is 6.73. The maximum Gasteiger partial charge on any atom is 0.407 e. The number of aromatic nitrogens is 2. The molecule has 9 nitrogen and oxygen atoms in total. The molecular formula is C19H22N5O4+. The molecule has 9 heteroatoms. The van der Waals surface area contributed by atoms with Crippen LogP contribution in [0.5, 0.6) is 5.75 Å². The van der Waals surface area contributed by atoms with Gasteiger partial charge in [-0.15, -0.1) is 0 Å². The SMILES string of the molecule is COCCOc1ccccc1-n1c(C)c[n+]2c1N=C1C2C(=O)N(C)C(=O)N1C. The van der Waals surface area contributed by atoms with Gasteiger partial charge in [-0.3, -0.25) is 14.6 Å². The van der Waals surface area contributed by atoms with E-state index in [9.17, 15) is 9.59 Å². The maximum atomic E-state index is 12.8. The van der Waals surface area contributed by atoms with Gasteiger partial charge in [-0.1, -0.05) is 17.1 Å². The number of imide groups is 1. The highest BCUT2D eigenvalue weighted by Crippen LogP contribution is 2.33. The van der Waals surface area contributed by atoms with E-state index < -0.39 is 12.1 Å². The fraction of sp³-hybridized carbons (Fsp3) is 0.368. The number of aryl methyl sites for hydroxylation is 1. The van der Waals surface area contributed by atoms with Crippen molar-refractivity contribution < 1.29 is 23.6 Å². The predicted molar refractivity (Wildman–Crippen MR) is 100 cm³/mol. The fourth-order valence-corrected chi connectivity index (χ4v) is 3.56. The van der Waals surface area contributed by atoms with Gasteiger partial charge >= 0.3 is 12.0 Å². The third-order valence-corrected chi connectivity index (χ3v) is 4.98. The van der Waals surface area contributed by atoms with Crippen molar-refractivity contribution in [1.29, 1.82) is 0 Å². The largest absolute Gasteiger partial charge is 0.487 e. The summed E-state index contributed by atoms with van der Waals surface area (Å²) in [7, 11) is 4.74. The summed E-state index contributed by atoms with van der Waals surface area (Å²) in [6, 6.07) is 6.58. The van der Waals surface area contributed by atoms with Crippen LogP contribution < -0.4 is 9.30 Å². The van der Waals surface area contributed by atoms with Gasteiger partial charge in [0.2, 0.25) is 11.9 Å². The summed E-state index contributed by atoms with van der Waals surface area (Å²) >= 11 is 0. The zero-order chi connectivity index (χ0) is 20.0. The number of urea groups is 1. The minimum Gasteiger partial charge on any atom is -0.487 e. The van der Waals surface area contributed by atoms with E-state index >= 15 is 0 Å². The first-order valence-electron chi connectivity index (χ1n) is 8.94. The molecule has 1 aromatic carbocycles. The Morgan fingerprint density at radius 2 is 1.89 bits per heavy atom. The number of hydrogen-bond acceptors (Lipinski definition) is 5. The molecule has 3 heterocycles. The number of amidine groups is 1. The normalized spacial score (nSPS) is 18.3. The monoisotopic (exact) mass is 384 g/mol. The van der Waals surface area contributed by atoms with Crippen molar-refractivity contribution in [2.75, 3.05) is 34.4 Å². The molecule has 1 fully saturated rings. The molecule has 1 atom stereocenters. The number of amides is 3. The number of carbonyl (C=O) groups is 2. The Morgan fingerprint density at radius 1 is 1.14 bits per heavy atom. The maximum absolute atomic E-state index is 12.8. The molecule has 0 aliphatic carbocycles. The number of likely N-dealkylation sites (N-methyl/N-ethyl adjacent to an activating group) is 2. The van der Waals surface area contributed by atoms with Crippen LogP contribution in [0.2, 0.25) is 0 Å². The topological polar surface area (TPSA) is 80.2 Å². The number of benzene rings is 1. The van der Waals surface area contributed by atoms with E-state index in [1.165, 1.54) is 11.9 Å². The molecule has 1 unspecified atom stereocenters. The van der Waals surface area contributed by atoms with Crippen molar-refractivity contribution in [2.24, 2.45) is 4.99 Å². The number of fused-ring (bicyclic) bond motifs is 3. The fourth-order valence-electron chi connectivity index (χ4n) is 3.56. The van der Waals surface area contributed by atoms with Crippen molar-refractivity contribution in [3.63, 3.8) is 0 Å². The zero-order valence-corrected chi connectivity index (χ0v) is 16.2. The lowest BCUT2D eigenvalue weighted by Gasteiger charge is -2.30. The lowest BCUT2D eigenvalue weighted by molar-refractivity contribution is -0.676. The van der Waals surface area contributed by atoms with Gasteiger partial charge < -0.3 is 9.47 Å². The van der Waals surface area contributed by atoms with E-state index in [1.807, 2.05) is 42.0 Å². The number of hydrogen-bond donors (Lipinski definition) is 0. The van der Waals surface area contributed by atoms with E-state index in [4.69, 9.17) is 9.47 Å². The van der Waals surface area contributed by atoms with Crippen LogP contribution in [0.4, 0.5) is 10.7 Å². The van der Waals surface area contributed by atoms with E-state index in [0.717, 1.165) is 16.3 Å². The van der Waals surface area contributed by atoms with Crippen LogP contribution in [0.25, 0.3) is 5.69 Å². The molecule has 2 aromatic rings. The summed E-state index contributed by atoms with van der Waals surface area (Å²) in [5, 5.41) is 0. The molecule has 0 bridgehead atoms. The first-order chi connectivity index (χ1) is 13.5. The minimum absolute atomic E-state index is 0.299. The second kappa shape index (κ2) is 6.75. The Balaban J connectivity index is 1.82. The Hall–Kier alpha value is -3.20. The first kappa shape index (κ1) is 18.2. The third kappa shape index (κ3) is 2.58. The second-order valence-electron chi connectivity index (χ2n) is 6.73. The number of ether oxygens (including phenoxy) is 2. The van der Waals surface area contributed by atoms with Gasteiger partial charge in [0.25, 0.3) is 5.91 Å². The Kier molecular flexibility index (Phi) is 4.38. The number of aliphatic imine (C=N–C) groups is 1. The molecule has 4 rings (SSSR count). The molecule has 0 spiro atoms. The number of imidazole rings is 1. The lowest BCUT2D eigenvalue weighted by Crippen LogP contribution is -2.61. The highest BCUT2D eigenvalue weighted by Gasteiger charge is 2.52. The molecule has 3 amide bonds. The van der Waals surface area contributed by atoms with Crippen LogP contribution in [-0.4, -0.2) is 66.6 Å². The minimum atomic E-state index is -0.649. The number of rotatable bonds is 5. The molecule has 2 aliphatic heterocycles. The van der Waals surface area contributed by atoms with Crippen molar-refractivity contribution in [3.05, 3.63) is 36.2 Å². The Morgan fingerprint density at radius 3 is 2.64 bits per heavy atom. The van der Waals surface area contributed by atoms with Crippen LogP contribution in [0.15, 0.2) is 35.5 Å². The number of nitrogens with zero attached hydrogens (tertiary/aromatic N) is 5. The van der Waals surface area contributed by atoms with Crippen LogP contribution in [0.3, 0.4) is 0 Å². The average molecular weight is 384 g/mol. The first-order valence-corrected chi connectivity index (χ1v) is 8.94. The standard InChI is InChI=1S/C19H22N5O4/c1-12-11-23-15-16(21(2)19(26)22(3)17(15)25)20-18(23)24(12)13-7-5-6-8-14(13)28-10-9-27-4/h5-8,11,15H,9-10H2,1-4H3/q+1. The number of methoxy groups -OCH3 is 1. The van der Waals surface area contributed by atoms with E-state index in [2.05, 4.69) is 4.99 Å². The van der Waals surface area contributed by atoms with Crippen molar-refractivity contribution >= 4 is 23.7 Å². The molecule has 2 aliphatic rings. The van der Waals surface area contributed by atoms with Gasteiger partial charge in [0.1, 0.15) is 24.2 Å². The highest BCUT2D eigenvalue weighted by molar-refractivity contribution is 6.18.